The molecule has 2 aromatic carbocycles. The molecule has 0 N–H and O–H groups in total. The van der Waals surface area contributed by atoms with E-state index in [2.05, 4.69) is 23.8 Å². The van der Waals surface area contributed by atoms with E-state index in [9.17, 15) is 9.65 Å². The summed E-state index contributed by atoms with van der Waals surface area (Å²) in [6.45, 7) is 8.25. The molecule has 0 saturated carbocycles. The van der Waals surface area contributed by atoms with Crippen LogP contribution in [0.4, 0.5) is 4.39 Å². The first kappa shape index (κ1) is 20.5. The highest BCUT2D eigenvalue weighted by atomic mass is 19.1. The zero-order chi connectivity index (χ0) is 21.0. The molecule has 1 aromatic heterocycles. The van der Waals surface area contributed by atoms with Crippen molar-refractivity contribution >= 4 is 0 Å². The van der Waals surface area contributed by atoms with Gasteiger partial charge in [-0.05, 0) is 54.3 Å². The fourth-order valence-electron chi connectivity index (χ4n) is 3.26. The van der Waals surface area contributed by atoms with Crippen molar-refractivity contribution in [3.8, 4) is 11.8 Å². The van der Waals surface area contributed by atoms with Crippen LogP contribution in [0, 0.1) is 24.1 Å². The molecule has 5 heteroatoms. The molecule has 0 amide bonds. The molecule has 29 heavy (non-hydrogen) atoms. The van der Waals surface area contributed by atoms with Gasteiger partial charge >= 0.3 is 0 Å². The first-order valence-corrected chi connectivity index (χ1v) is 9.60. The minimum atomic E-state index is -0.418. The number of nitrogens with zero attached hydrogens (tertiary/aromatic N) is 3. The number of benzene rings is 2. The Bertz CT molecular complexity index is 1050. The Morgan fingerprint density at radius 2 is 1.83 bits per heavy atom. The fourth-order valence-corrected chi connectivity index (χ4v) is 3.26. The van der Waals surface area contributed by atoms with Crippen LogP contribution in [0.25, 0.3) is 0 Å². The number of nitriles is 1. The average molecular weight is 389 g/mol. The number of hydrogen-bond donors (Lipinski definition) is 0. The summed E-state index contributed by atoms with van der Waals surface area (Å²) in [5.41, 5.74) is 3.06. The van der Waals surface area contributed by atoms with Crippen LogP contribution in [0.3, 0.4) is 0 Å². The summed E-state index contributed by atoms with van der Waals surface area (Å²) in [6.07, 6.45) is 2.26. The molecule has 4 nitrogen and oxygen atoms in total. The van der Waals surface area contributed by atoms with Crippen molar-refractivity contribution in [1.82, 2.24) is 9.97 Å². The van der Waals surface area contributed by atoms with Crippen molar-refractivity contribution in [3.63, 3.8) is 0 Å². The van der Waals surface area contributed by atoms with Gasteiger partial charge in [0.15, 0.2) is 0 Å². The Hall–Kier alpha value is -3.26. The summed E-state index contributed by atoms with van der Waals surface area (Å²) >= 11 is 0. The minimum absolute atomic E-state index is 0.0903. The molecule has 0 radical (unpaired) electrons. The highest BCUT2D eigenvalue weighted by Gasteiger charge is 2.25. The molecule has 0 atom stereocenters. The third-order valence-electron chi connectivity index (χ3n) is 5.17. The smallest absolute Gasteiger partial charge is 0.144 e. The lowest BCUT2D eigenvalue weighted by Gasteiger charge is -2.27. The van der Waals surface area contributed by atoms with Crippen LogP contribution in [0.1, 0.15) is 54.5 Å². The van der Waals surface area contributed by atoms with Crippen LogP contribution in [-0.4, -0.2) is 9.97 Å². The maximum Gasteiger partial charge on any atom is 0.144 e. The van der Waals surface area contributed by atoms with Gasteiger partial charge in [-0.3, -0.25) is 0 Å². The quantitative estimate of drug-likeness (QED) is 0.577. The number of aryl methyl sites for hydroxylation is 2. The summed E-state index contributed by atoms with van der Waals surface area (Å²) in [7, 11) is 0. The molecule has 148 valence electrons. The summed E-state index contributed by atoms with van der Waals surface area (Å²) in [6, 6.07) is 15.2. The molecular formula is C24H24FN3O. The third-order valence-corrected chi connectivity index (χ3v) is 5.17. The SMILES string of the molecule is CCc1cc(C(C)(C)c2ccc(OCc3ccnc(C)n3)cc2)cc(C#N)c1F. The minimum Gasteiger partial charge on any atom is -0.487 e. The molecule has 0 aliphatic heterocycles. The largest absolute Gasteiger partial charge is 0.487 e. The van der Waals surface area contributed by atoms with Gasteiger partial charge in [0.25, 0.3) is 0 Å². The van der Waals surface area contributed by atoms with Crippen LogP contribution < -0.4 is 4.74 Å². The summed E-state index contributed by atoms with van der Waals surface area (Å²) in [5.74, 6) is 1.04. The van der Waals surface area contributed by atoms with E-state index >= 15 is 0 Å². The lowest BCUT2D eigenvalue weighted by atomic mass is 9.77. The molecule has 0 fully saturated rings. The van der Waals surface area contributed by atoms with Crippen LogP contribution >= 0.6 is 0 Å². The number of ether oxygens (including phenoxy) is 1. The number of hydrogen-bond acceptors (Lipinski definition) is 4. The van der Waals surface area contributed by atoms with E-state index in [1.54, 1.807) is 12.3 Å². The summed E-state index contributed by atoms with van der Waals surface area (Å²) in [4.78, 5) is 8.41. The topological polar surface area (TPSA) is 58.8 Å². The molecule has 3 rings (SSSR count). The van der Waals surface area contributed by atoms with Gasteiger partial charge < -0.3 is 4.74 Å². The highest BCUT2D eigenvalue weighted by molar-refractivity contribution is 5.46. The standard InChI is InChI=1S/C24H24FN3O/c1-5-17-12-20(13-18(14-26)23(17)25)24(3,4)19-6-8-22(9-7-19)29-15-21-10-11-27-16(2)28-21/h6-13H,5,15H2,1-4H3. The number of rotatable bonds is 6. The van der Waals surface area contributed by atoms with E-state index in [0.29, 0.717) is 24.4 Å². The third kappa shape index (κ3) is 4.43. The van der Waals surface area contributed by atoms with Gasteiger partial charge in [-0.15, -0.1) is 0 Å². The number of halogens is 1. The van der Waals surface area contributed by atoms with Crippen molar-refractivity contribution in [2.45, 2.75) is 46.1 Å². The van der Waals surface area contributed by atoms with E-state index in [4.69, 9.17) is 4.74 Å². The average Bonchev–Trinajstić information content (AvgIpc) is 2.72. The molecule has 0 bridgehead atoms. The second-order valence-corrected chi connectivity index (χ2v) is 7.50. The van der Waals surface area contributed by atoms with Crippen LogP contribution in [0.2, 0.25) is 0 Å². The second kappa shape index (κ2) is 8.40. The number of aromatic nitrogens is 2. The summed E-state index contributed by atoms with van der Waals surface area (Å²) in [5, 5.41) is 9.29. The first-order chi connectivity index (χ1) is 13.8. The van der Waals surface area contributed by atoms with Gasteiger partial charge in [0, 0.05) is 11.6 Å². The maximum atomic E-state index is 14.3. The lowest BCUT2D eigenvalue weighted by molar-refractivity contribution is 0.300. The van der Waals surface area contributed by atoms with E-state index in [-0.39, 0.29) is 11.0 Å². The van der Waals surface area contributed by atoms with Crippen LogP contribution in [0.15, 0.2) is 48.7 Å². The predicted molar refractivity (Wildman–Crippen MR) is 110 cm³/mol. The Morgan fingerprint density at radius 3 is 2.45 bits per heavy atom. The van der Waals surface area contributed by atoms with Crippen LogP contribution in [-0.2, 0) is 18.4 Å². The Labute approximate surface area is 171 Å². The van der Waals surface area contributed by atoms with Gasteiger partial charge in [-0.2, -0.15) is 5.26 Å². The Balaban J connectivity index is 1.82. The fraction of sp³-hybridized carbons (Fsp3) is 0.292. The van der Waals surface area contributed by atoms with Crippen molar-refractivity contribution in [2.75, 3.05) is 0 Å². The van der Waals surface area contributed by atoms with Crippen molar-refractivity contribution in [1.29, 1.82) is 5.26 Å². The molecule has 0 unspecified atom stereocenters. The Kier molecular flexibility index (Phi) is 5.93. The van der Waals surface area contributed by atoms with Crippen molar-refractivity contribution < 1.29 is 9.13 Å². The summed E-state index contributed by atoms with van der Waals surface area (Å²) < 4.78 is 20.1. The van der Waals surface area contributed by atoms with E-state index in [1.807, 2.05) is 56.3 Å². The van der Waals surface area contributed by atoms with Gasteiger partial charge in [-0.25, -0.2) is 14.4 Å². The molecular weight excluding hydrogens is 365 g/mol. The van der Waals surface area contributed by atoms with Gasteiger partial charge in [0.2, 0.25) is 0 Å². The van der Waals surface area contributed by atoms with Gasteiger partial charge in [0.1, 0.15) is 30.1 Å². The van der Waals surface area contributed by atoms with Crippen LogP contribution in [0.5, 0.6) is 5.75 Å². The molecule has 0 aliphatic rings. The van der Waals surface area contributed by atoms with Gasteiger partial charge in [0.05, 0.1) is 11.3 Å². The molecule has 0 saturated heterocycles. The van der Waals surface area contributed by atoms with E-state index < -0.39 is 5.82 Å². The maximum absolute atomic E-state index is 14.3. The normalized spacial score (nSPS) is 11.2. The van der Waals surface area contributed by atoms with Gasteiger partial charge in [-0.1, -0.05) is 39.0 Å². The first-order valence-electron chi connectivity index (χ1n) is 9.60. The van der Waals surface area contributed by atoms with Crippen molar-refractivity contribution in [3.05, 3.63) is 88.3 Å². The monoisotopic (exact) mass is 389 g/mol. The van der Waals surface area contributed by atoms with E-state index in [1.165, 1.54) is 0 Å². The highest BCUT2D eigenvalue weighted by Crippen LogP contribution is 2.34. The lowest BCUT2D eigenvalue weighted by Crippen LogP contribution is -2.20. The van der Waals surface area contributed by atoms with Crippen molar-refractivity contribution in [2.24, 2.45) is 0 Å². The zero-order valence-corrected chi connectivity index (χ0v) is 17.2. The molecule has 1 heterocycles. The predicted octanol–water partition coefficient (Wildman–Crippen LogP) is 5.26. The molecule has 0 spiro atoms. The van der Waals surface area contributed by atoms with E-state index in [0.717, 1.165) is 22.6 Å². The second-order valence-electron chi connectivity index (χ2n) is 7.50. The molecule has 3 aromatic rings. The molecule has 0 aliphatic carbocycles. The Morgan fingerprint density at radius 1 is 1.10 bits per heavy atom. The zero-order valence-electron chi connectivity index (χ0n) is 17.2.